The van der Waals surface area contributed by atoms with Crippen molar-refractivity contribution in [2.75, 3.05) is 12.1 Å². The Morgan fingerprint density at radius 2 is 1.71 bits per heavy atom. The Balaban J connectivity index is 1.91. The number of hydrogen-bond donors (Lipinski definition) is 0. The van der Waals surface area contributed by atoms with Crippen LogP contribution >= 0.6 is 0 Å². The van der Waals surface area contributed by atoms with Crippen molar-refractivity contribution in [3.8, 4) is 5.75 Å². The van der Waals surface area contributed by atoms with Crippen molar-refractivity contribution in [3.05, 3.63) is 60.2 Å². The van der Waals surface area contributed by atoms with Crippen LogP contribution in [0.5, 0.6) is 5.75 Å². The molecule has 0 N–H and O–H groups in total. The molecule has 106 valence electrons. The Labute approximate surface area is 123 Å². The lowest BCUT2D eigenvalue weighted by Crippen LogP contribution is -2.25. The largest absolute Gasteiger partial charge is 0.497 e. The molecule has 2 aromatic rings. The van der Waals surface area contributed by atoms with Crippen LogP contribution in [-0.4, -0.2) is 18.7 Å². The Hall–Kier alpha value is -2.62. The highest BCUT2D eigenvalue weighted by molar-refractivity contribution is 6.18. The van der Waals surface area contributed by atoms with Crippen LogP contribution in [-0.2, 0) is 4.79 Å². The summed E-state index contributed by atoms with van der Waals surface area (Å²) in [6, 6.07) is 17.0. The quantitative estimate of drug-likeness (QED) is 0.866. The van der Waals surface area contributed by atoms with Gasteiger partial charge in [0.2, 0.25) is 0 Å². The number of hydrazone groups is 1. The van der Waals surface area contributed by atoms with Gasteiger partial charge in [0.15, 0.2) is 0 Å². The molecule has 0 saturated heterocycles. The van der Waals surface area contributed by atoms with Crippen LogP contribution in [0.3, 0.4) is 0 Å². The molecule has 1 aliphatic heterocycles. The number of amides is 1. The molecular weight excluding hydrogens is 264 g/mol. The van der Waals surface area contributed by atoms with Gasteiger partial charge < -0.3 is 4.74 Å². The first kappa shape index (κ1) is 13.4. The number of nitrogens with zero attached hydrogens (tertiary/aromatic N) is 2. The molecule has 1 amide bonds. The molecular formula is C17H16N2O2. The van der Waals surface area contributed by atoms with E-state index in [1.165, 1.54) is 5.01 Å². The number of rotatable bonds is 3. The zero-order valence-corrected chi connectivity index (χ0v) is 12.0. The van der Waals surface area contributed by atoms with Crippen molar-refractivity contribution in [2.24, 2.45) is 5.10 Å². The van der Waals surface area contributed by atoms with Crippen LogP contribution in [0.1, 0.15) is 18.4 Å². The van der Waals surface area contributed by atoms with Crippen LogP contribution in [0.15, 0.2) is 59.7 Å². The van der Waals surface area contributed by atoms with Crippen molar-refractivity contribution in [1.29, 1.82) is 0 Å². The Kier molecular flexibility index (Phi) is 3.44. The van der Waals surface area contributed by atoms with E-state index in [0.29, 0.717) is 0 Å². The van der Waals surface area contributed by atoms with E-state index < -0.39 is 0 Å². The lowest BCUT2D eigenvalue weighted by atomic mass is 9.95. The van der Waals surface area contributed by atoms with Gasteiger partial charge in [0.05, 0.1) is 18.5 Å². The molecule has 0 saturated carbocycles. The monoisotopic (exact) mass is 280 g/mol. The fraction of sp³-hybridized carbons (Fsp3) is 0.176. The second-order valence-electron chi connectivity index (χ2n) is 4.93. The molecule has 0 aromatic heterocycles. The van der Waals surface area contributed by atoms with E-state index in [9.17, 15) is 4.79 Å². The van der Waals surface area contributed by atoms with Crippen LogP contribution in [0.4, 0.5) is 5.69 Å². The van der Waals surface area contributed by atoms with Crippen LogP contribution in [0.2, 0.25) is 0 Å². The van der Waals surface area contributed by atoms with E-state index in [0.717, 1.165) is 22.7 Å². The Morgan fingerprint density at radius 3 is 2.33 bits per heavy atom. The van der Waals surface area contributed by atoms with Gasteiger partial charge in [-0.25, -0.2) is 0 Å². The molecule has 1 atom stereocenters. The van der Waals surface area contributed by atoms with Crippen molar-refractivity contribution < 1.29 is 9.53 Å². The fourth-order valence-corrected chi connectivity index (χ4v) is 2.50. The lowest BCUT2D eigenvalue weighted by Gasteiger charge is -2.15. The van der Waals surface area contributed by atoms with E-state index in [4.69, 9.17) is 4.74 Å². The smallest absolute Gasteiger partial charge is 0.260 e. The van der Waals surface area contributed by atoms with Gasteiger partial charge in [-0.3, -0.25) is 4.79 Å². The van der Waals surface area contributed by atoms with Crippen molar-refractivity contribution in [2.45, 2.75) is 12.8 Å². The Morgan fingerprint density at radius 1 is 1.05 bits per heavy atom. The first-order chi connectivity index (χ1) is 10.2. The molecule has 3 rings (SSSR count). The zero-order chi connectivity index (χ0) is 14.8. The third kappa shape index (κ3) is 2.40. The number of ether oxygens (including phenoxy) is 1. The number of benzene rings is 2. The summed E-state index contributed by atoms with van der Waals surface area (Å²) in [5.74, 6) is 0.433. The minimum absolute atomic E-state index is 0.0242. The van der Waals surface area contributed by atoms with Gasteiger partial charge in [-0.2, -0.15) is 10.1 Å². The van der Waals surface area contributed by atoms with Crippen LogP contribution in [0, 0.1) is 0 Å². The van der Waals surface area contributed by atoms with E-state index in [1.807, 2.05) is 61.5 Å². The molecule has 0 aliphatic carbocycles. The average molecular weight is 280 g/mol. The van der Waals surface area contributed by atoms with Gasteiger partial charge in [-0.15, -0.1) is 0 Å². The highest BCUT2D eigenvalue weighted by Crippen LogP contribution is 2.31. The lowest BCUT2D eigenvalue weighted by molar-refractivity contribution is -0.118. The molecule has 0 bridgehead atoms. The third-order valence-electron chi connectivity index (χ3n) is 3.58. The van der Waals surface area contributed by atoms with Gasteiger partial charge >= 0.3 is 0 Å². The SMILES string of the molecule is COc1ccc(N2N=C(C)C(c3ccccc3)C2=O)cc1. The first-order valence-corrected chi connectivity index (χ1v) is 6.79. The normalized spacial score (nSPS) is 17.8. The van der Waals surface area contributed by atoms with Gasteiger partial charge in [-0.1, -0.05) is 30.3 Å². The molecule has 1 unspecified atom stereocenters. The topological polar surface area (TPSA) is 41.9 Å². The molecule has 2 aromatic carbocycles. The zero-order valence-electron chi connectivity index (χ0n) is 12.0. The van der Waals surface area contributed by atoms with Gasteiger partial charge in [0, 0.05) is 0 Å². The standard InChI is InChI=1S/C17H16N2O2/c1-12-16(13-6-4-3-5-7-13)17(20)19(18-12)14-8-10-15(21-2)11-9-14/h3-11,16H,1-2H3. The second-order valence-corrected chi connectivity index (χ2v) is 4.93. The third-order valence-corrected chi connectivity index (χ3v) is 3.58. The summed E-state index contributed by atoms with van der Waals surface area (Å²) in [7, 11) is 1.61. The van der Waals surface area contributed by atoms with Crippen LogP contribution in [0.25, 0.3) is 0 Å². The summed E-state index contributed by atoms with van der Waals surface area (Å²) in [6.07, 6.45) is 0. The van der Waals surface area contributed by atoms with Gasteiger partial charge in [-0.05, 0) is 36.8 Å². The maximum absolute atomic E-state index is 12.7. The molecule has 1 heterocycles. The van der Waals surface area contributed by atoms with Crippen molar-refractivity contribution in [3.63, 3.8) is 0 Å². The molecule has 0 fully saturated rings. The van der Waals surface area contributed by atoms with Crippen molar-refractivity contribution >= 4 is 17.3 Å². The van der Waals surface area contributed by atoms with E-state index in [1.54, 1.807) is 7.11 Å². The fourth-order valence-electron chi connectivity index (χ4n) is 2.50. The number of carbonyl (C=O) groups excluding carboxylic acids is 1. The minimum Gasteiger partial charge on any atom is -0.497 e. The molecule has 0 spiro atoms. The molecule has 4 heteroatoms. The Bertz CT molecular complexity index is 678. The number of carbonyl (C=O) groups is 1. The van der Waals surface area contributed by atoms with Gasteiger partial charge in [0.25, 0.3) is 5.91 Å². The number of methoxy groups -OCH3 is 1. The highest BCUT2D eigenvalue weighted by atomic mass is 16.5. The highest BCUT2D eigenvalue weighted by Gasteiger charge is 2.35. The average Bonchev–Trinajstić information content (AvgIpc) is 2.83. The first-order valence-electron chi connectivity index (χ1n) is 6.79. The van der Waals surface area contributed by atoms with E-state index in [-0.39, 0.29) is 11.8 Å². The summed E-state index contributed by atoms with van der Waals surface area (Å²) >= 11 is 0. The molecule has 4 nitrogen and oxygen atoms in total. The predicted octanol–water partition coefficient (Wildman–Crippen LogP) is 3.20. The predicted molar refractivity (Wildman–Crippen MR) is 82.8 cm³/mol. The maximum Gasteiger partial charge on any atom is 0.260 e. The number of anilines is 1. The van der Waals surface area contributed by atoms with E-state index in [2.05, 4.69) is 5.10 Å². The van der Waals surface area contributed by atoms with Gasteiger partial charge in [0.1, 0.15) is 11.7 Å². The van der Waals surface area contributed by atoms with Crippen LogP contribution < -0.4 is 9.75 Å². The maximum atomic E-state index is 12.7. The summed E-state index contributed by atoms with van der Waals surface area (Å²) in [4.78, 5) is 12.7. The van der Waals surface area contributed by atoms with E-state index >= 15 is 0 Å². The summed E-state index contributed by atoms with van der Waals surface area (Å²) < 4.78 is 5.13. The molecule has 0 radical (unpaired) electrons. The summed E-state index contributed by atoms with van der Waals surface area (Å²) in [5.41, 5.74) is 2.53. The number of hydrogen-bond acceptors (Lipinski definition) is 3. The minimum atomic E-state index is -0.298. The second kappa shape index (κ2) is 5.40. The summed E-state index contributed by atoms with van der Waals surface area (Å²) in [5, 5.41) is 5.88. The summed E-state index contributed by atoms with van der Waals surface area (Å²) in [6.45, 7) is 1.89. The molecule has 21 heavy (non-hydrogen) atoms. The van der Waals surface area contributed by atoms with Crippen molar-refractivity contribution in [1.82, 2.24) is 0 Å². The molecule has 1 aliphatic rings.